The van der Waals surface area contributed by atoms with Gasteiger partial charge in [0.15, 0.2) is 0 Å². The molecule has 0 atom stereocenters. The van der Waals surface area contributed by atoms with Crippen LogP contribution in [0.15, 0.2) is 54.7 Å². The van der Waals surface area contributed by atoms with Gasteiger partial charge in [0.2, 0.25) is 5.95 Å². The van der Waals surface area contributed by atoms with Crippen molar-refractivity contribution in [2.45, 2.75) is 13.8 Å². The Morgan fingerprint density at radius 2 is 1.77 bits per heavy atom. The van der Waals surface area contributed by atoms with Crippen molar-refractivity contribution in [1.82, 2.24) is 9.97 Å². The minimum Gasteiger partial charge on any atom is -0.465 e. The number of anilines is 4. The molecule has 0 saturated carbocycles. The Morgan fingerprint density at radius 3 is 2.50 bits per heavy atom. The van der Waals surface area contributed by atoms with Crippen LogP contribution in [0.4, 0.5) is 23.1 Å². The van der Waals surface area contributed by atoms with Crippen LogP contribution in [-0.4, -0.2) is 23.0 Å². The minimum atomic E-state index is -0.362. The summed E-state index contributed by atoms with van der Waals surface area (Å²) in [5.74, 6) is 0.798. The Kier molecular flexibility index (Phi) is 5.12. The molecule has 2 aromatic carbocycles. The molecule has 132 valence electrons. The van der Waals surface area contributed by atoms with Crippen molar-refractivity contribution in [3.8, 4) is 0 Å². The first-order valence-electron chi connectivity index (χ1n) is 8.18. The van der Waals surface area contributed by atoms with Crippen molar-refractivity contribution in [1.29, 1.82) is 0 Å². The summed E-state index contributed by atoms with van der Waals surface area (Å²) in [5.41, 5.74) is 4.57. The lowest BCUT2D eigenvalue weighted by Crippen LogP contribution is -2.03. The smallest absolute Gasteiger partial charge is 0.337 e. The zero-order valence-electron chi connectivity index (χ0n) is 14.9. The van der Waals surface area contributed by atoms with Gasteiger partial charge in [-0.25, -0.2) is 9.78 Å². The second-order valence-corrected chi connectivity index (χ2v) is 5.90. The maximum absolute atomic E-state index is 11.5. The molecular weight excluding hydrogens is 328 g/mol. The highest BCUT2D eigenvalue weighted by Gasteiger charge is 2.06. The predicted molar refractivity (Wildman–Crippen MR) is 102 cm³/mol. The van der Waals surface area contributed by atoms with E-state index in [0.717, 1.165) is 22.5 Å². The van der Waals surface area contributed by atoms with E-state index in [0.29, 0.717) is 17.3 Å². The molecule has 0 aliphatic heterocycles. The molecule has 0 unspecified atom stereocenters. The molecule has 6 nitrogen and oxygen atoms in total. The van der Waals surface area contributed by atoms with E-state index in [9.17, 15) is 4.79 Å². The summed E-state index contributed by atoms with van der Waals surface area (Å²) >= 11 is 0. The number of benzene rings is 2. The number of hydrogen-bond acceptors (Lipinski definition) is 6. The molecule has 1 aromatic heterocycles. The fourth-order valence-electron chi connectivity index (χ4n) is 2.43. The number of carbonyl (C=O) groups is 1. The fourth-order valence-corrected chi connectivity index (χ4v) is 2.43. The number of nitrogens with zero attached hydrogens (tertiary/aromatic N) is 2. The summed E-state index contributed by atoms with van der Waals surface area (Å²) in [5, 5.41) is 6.44. The lowest BCUT2D eigenvalue weighted by molar-refractivity contribution is 0.0601. The van der Waals surface area contributed by atoms with Crippen molar-refractivity contribution in [2.75, 3.05) is 17.7 Å². The predicted octanol–water partition coefficient (Wildman–Crippen LogP) is 4.37. The van der Waals surface area contributed by atoms with Gasteiger partial charge in [-0.1, -0.05) is 12.1 Å². The Bertz CT molecular complexity index is 923. The molecule has 0 aliphatic rings. The Labute approximate surface area is 152 Å². The summed E-state index contributed by atoms with van der Waals surface area (Å²) in [6, 6.07) is 15.0. The number of carbonyl (C=O) groups excluding carboxylic acids is 1. The van der Waals surface area contributed by atoms with Crippen LogP contribution in [0.25, 0.3) is 0 Å². The maximum Gasteiger partial charge on any atom is 0.337 e. The van der Waals surface area contributed by atoms with E-state index < -0.39 is 0 Å². The highest BCUT2D eigenvalue weighted by molar-refractivity contribution is 5.89. The van der Waals surface area contributed by atoms with Crippen molar-refractivity contribution in [3.63, 3.8) is 0 Å². The number of rotatable bonds is 5. The Balaban J connectivity index is 1.75. The van der Waals surface area contributed by atoms with Crippen LogP contribution in [0, 0.1) is 13.8 Å². The third-order valence-electron chi connectivity index (χ3n) is 3.87. The quantitative estimate of drug-likeness (QED) is 0.667. The standard InChI is InChI=1S/C20H20N4O2/c1-13-4-5-14(2)17(12-13)23-20-21-11-10-18(24-20)22-16-8-6-15(7-9-16)19(25)26-3/h4-12H,1-3H3,(H2,21,22,23,24). The number of methoxy groups -OCH3 is 1. The Morgan fingerprint density at radius 1 is 1.00 bits per heavy atom. The molecule has 2 N–H and O–H groups in total. The highest BCUT2D eigenvalue weighted by atomic mass is 16.5. The van der Waals surface area contributed by atoms with Gasteiger partial charge in [-0.05, 0) is 61.4 Å². The van der Waals surface area contributed by atoms with E-state index in [4.69, 9.17) is 4.74 Å². The van der Waals surface area contributed by atoms with Gasteiger partial charge in [0.05, 0.1) is 12.7 Å². The molecule has 0 spiro atoms. The van der Waals surface area contributed by atoms with Gasteiger partial charge in [-0.2, -0.15) is 4.98 Å². The zero-order chi connectivity index (χ0) is 18.5. The molecule has 0 radical (unpaired) electrons. The van der Waals surface area contributed by atoms with Crippen molar-refractivity contribution in [3.05, 3.63) is 71.4 Å². The molecule has 0 bridgehead atoms. The molecule has 0 fully saturated rings. The van der Waals surface area contributed by atoms with Crippen LogP contribution in [0.3, 0.4) is 0 Å². The monoisotopic (exact) mass is 348 g/mol. The average Bonchev–Trinajstić information content (AvgIpc) is 2.65. The van der Waals surface area contributed by atoms with Crippen LogP contribution < -0.4 is 10.6 Å². The fraction of sp³-hybridized carbons (Fsp3) is 0.150. The van der Waals surface area contributed by atoms with Gasteiger partial charge in [0.25, 0.3) is 0 Å². The summed E-state index contributed by atoms with van der Waals surface area (Å²) in [6.45, 7) is 4.08. The van der Waals surface area contributed by atoms with Gasteiger partial charge >= 0.3 is 5.97 Å². The number of nitrogens with one attached hydrogen (secondary N) is 2. The molecule has 3 rings (SSSR count). The van der Waals surface area contributed by atoms with Gasteiger partial charge in [-0.15, -0.1) is 0 Å². The van der Waals surface area contributed by atoms with Gasteiger partial charge < -0.3 is 15.4 Å². The topological polar surface area (TPSA) is 76.1 Å². The second-order valence-electron chi connectivity index (χ2n) is 5.90. The largest absolute Gasteiger partial charge is 0.465 e. The lowest BCUT2D eigenvalue weighted by Gasteiger charge is -2.11. The summed E-state index contributed by atoms with van der Waals surface area (Å²) in [7, 11) is 1.36. The summed E-state index contributed by atoms with van der Waals surface area (Å²) in [6.07, 6.45) is 1.69. The number of esters is 1. The first-order valence-corrected chi connectivity index (χ1v) is 8.18. The van der Waals surface area contributed by atoms with Crippen LogP contribution in [-0.2, 0) is 4.74 Å². The summed E-state index contributed by atoms with van der Waals surface area (Å²) in [4.78, 5) is 20.2. The van der Waals surface area contributed by atoms with Crippen molar-refractivity contribution < 1.29 is 9.53 Å². The van der Waals surface area contributed by atoms with Crippen LogP contribution in [0.5, 0.6) is 0 Å². The van der Waals surface area contributed by atoms with Gasteiger partial charge in [-0.3, -0.25) is 0 Å². The van der Waals surface area contributed by atoms with E-state index in [1.807, 2.05) is 13.8 Å². The normalized spacial score (nSPS) is 10.3. The first kappa shape index (κ1) is 17.4. The lowest BCUT2D eigenvalue weighted by atomic mass is 10.1. The van der Waals surface area contributed by atoms with Crippen LogP contribution in [0.1, 0.15) is 21.5 Å². The van der Waals surface area contributed by atoms with Gasteiger partial charge in [0.1, 0.15) is 5.82 Å². The number of ether oxygens (including phenoxy) is 1. The first-order chi connectivity index (χ1) is 12.5. The average molecular weight is 348 g/mol. The Hall–Kier alpha value is -3.41. The van der Waals surface area contributed by atoms with Crippen molar-refractivity contribution in [2.24, 2.45) is 0 Å². The second kappa shape index (κ2) is 7.65. The third kappa shape index (κ3) is 4.16. The number of aromatic nitrogens is 2. The SMILES string of the molecule is COC(=O)c1ccc(Nc2ccnc(Nc3cc(C)ccc3C)n2)cc1. The summed E-state index contributed by atoms with van der Waals surface area (Å²) < 4.78 is 4.70. The maximum atomic E-state index is 11.5. The van der Waals surface area contributed by atoms with Crippen molar-refractivity contribution >= 4 is 29.1 Å². The molecule has 0 amide bonds. The number of hydrogen-bond donors (Lipinski definition) is 2. The van der Waals surface area contributed by atoms with E-state index in [1.165, 1.54) is 7.11 Å². The molecule has 3 aromatic rings. The minimum absolute atomic E-state index is 0.362. The molecular formula is C20H20N4O2. The molecule has 1 heterocycles. The molecule has 6 heteroatoms. The molecule has 26 heavy (non-hydrogen) atoms. The van der Waals surface area contributed by atoms with Crippen LogP contribution in [0.2, 0.25) is 0 Å². The van der Waals surface area contributed by atoms with Crippen LogP contribution >= 0.6 is 0 Å². The van der Waals surface area contributed by atoms with E-state index in [1.54, 1.807) is 36.5 Å². The van der Waals surface area contributed by atoms with E-state index in [2.05, 4.69) is 38.8 Å². The molecule has 0 saturated heterocycles. The van der Waals surface area contributed by atoms with E-state index in [-0.39, 0.29) is 5.97 Å². The highest BCUT2D eigenvalue weighted by Crippen LogP contribution is 2.21. The van der Waals surface area contributed by atoms with Gasteiger partial charge in [0, 0.05) is 17.6 Å². The molecule has 0 aliphatic carbocycles. The van der Waals surface area contributed by atoms with E-state index >= 15 is 0 Å². The number of aryl methyl sites for hydroxylation is 2. The third-order valence-corrected chi connectivity index (χ3v) is 3.87. The zero-order valence-corrected chi connectivity index (χ0v) is 14.9.